The van der Waals surface area contributed by atoms with Crippen LogP contribution in [0, 0.1) is 0 Å². The summed E-state index contributed by atoms with van der Waals surface area (Å²) >= 11 is 3.43. The Morgan fingerprint density at radius 2 is 1.96 bits per heavy atom. The number of aromatic nitrogens is 1. The van der Waals surface area contributed by atoms with Crippen molar-refractivity contribution in [2.45, 2.75) is 26.2 Å². The zero-order chi connectivity index (χ0) is 17.8. The molecule has 0 unspecified atom stereocenters. The molecule has 1 aromatic heterocycles. The Labute approximate surface area is 155 Å². The van der Waals surface area contributed by atoms with Gasteiger partial charge in [0.25, 0.3) is 0 Å². The van der Waals surface area contributed by atoms with E-state index in [0.29, 0.717) is 6.61 Å². The van der Waals surface area contributed by atoms with Crippen LogP contribution in [-0.4, -0.2) is 22.7 Å². The van der Waals surface area contributed by atoms with E-state index in [0.717, 1.165) is 50.8 Å². The van der Waals surface area contributed by atoms with Crippen LogP contribution in [0.4, 0.5) is 0 Å². The number of unbranched alkanes of at least 4 members (excludes halogenated alkanes) is 1. The van der Waals surface area contributed by atoms with Crippen molar-refractivity contribution in [1.29, 1.82) is 0 Å². The fourth-order valence-electron chi connectivity index (χ4n) is 2.85. The van der Waals surface area contributed by atoms with Gasteiger partial charge in [0.2, 0.25) is 0 Å². The topological polar surface area (TPSA) is 62.3 Å². The summed E-state index contributed by atoms with van der Waals surface area (Å²) in [6.07, 6.45) is 2.03. The van der Waals surface area contributed by atoms with Gasteiger partial charge in [-0.05, 0) is 47.9 Å². The summed E-state index contributed by atoms with van der Waals surface area (Å²) < 4.78 is 6.76. The first kappa shape index (κ1) is 17.5. The molecule has 130 valence electrons. The normalized spacial score (nSPS) is 11.0. The van der Waals surface area contributed by atoms with E-state index in [-0.39, 0.29) is 6.42 Å². The van der Waals surface area contributed by atoms with Crippen molar-refractivity contribution in [3.05, 3.63) is 52.5 Å². The Morgan fingerprint density at radius 1 is 1.20 bits per heavy atom. The minimum Gasteiger partial charge on any atom is -0.494 e. The van der Waals surface area contributed by atoms with Gasteiger partial charge in [-0.1, -0.05) is 41.4 Å². The standard InChI is InChI=1S/C20H20BrNO3/c1-2-3-10-25-15-8-9-18-16(11-15)17(12-19(23)24)20(22-18)13-4-6-14(21)7-5-13/h4-9,11,22H,2-3,10,12H2,1H3,(H,23,24). The van der Waals surface area contributed by atoms with Gasteiger partial charge in [0, 0.05) is 15.4 Å². The number of carboxylic acid groups (broad SMARTS) is 1. The summed E-state index contributed by atoms with van der Waals surface area (Å²) in [6.45, 7) is 2.79. The molecule has 0 atom stereocenters. The lowest BCUT2D eigenvalue weighted by Gasteiger charge is -2.06. The maximum Gasteiger partial charge on any atom is 0.307 e. The first-order valence-corrected chi connectivity index (χ1v) is 9.13. The highest BCUT2D eigenvalue weighted by Crippen LogP contribution is 2.33. The van der Waals surface area contributed by atoms with Crippen LogP contribution in [0.15, 0.2) is 46.9 Å². The Balaban J connectivity index is 2.06. The molecule has 25 heavy (non-hydrogen) atoms. The van der Waals surface area contributed by atoms with E-state index in [4.69, 9.17) is 4.74 Å². The molecule has 0 saturated carbocycles. The molecule has 0 aliphatic carbocycles. The van der Waals surface area contributed by atoms with E-state index in [2.05, 4.69) is 27.8 Å². The van der Waals surface area contributed by atoms with Gasteiger partial charge in [0.15, 0.2) is 0 Å². The van der Waals surface area contributed by atoms with Crippen molar-refractivity contribution >= 4 is 32.8 Å². The van der Waals surface area contributed by atoms with E-state index in [1.54, 1.807) is 0 Å². The average molecular weight is 402 g/mol. The van der Waals surface area contributed by atoms with Crippen LogP contribution in [0.25, 0.3) is 22.2 Å². The van der Waals surface area contributed by atoms with Crippen molar-refractivity contribution in [3.8, 4) is 17.0 Å². The first-order valence-electron chi connectivity index (χ1n) is 8.33. The number of hydrogen-bond donors (Lipinski definition) is 2. The number of carboxylic acids is 1. The van der Waals surface area contributed by atoms with Crippen molar-refractivity contribution in [2.24, 2.45) is 0 Å². The van der Waals surface area contributed by atoms with Crippen molar-refractivity contribution in [2.75, 3.05) is 6.61 Å². The number of halogens is 1. The maximum atomic E-state index is 11.4. The molecule has 0 spiro atoms. The molecule has 0 aliphatic heterocycles. The minimum atomic E-state index is -0.850. The minimum absolute atomic E-state index is 0.0379. The van der Waals surface area contributed by atoms with Crippen LogP contribution in [0.3, 0.4) is 0 Å². The van der Waals surface area contributed by atoms with E-state index in [1.807, 2.05) is 42.5 Å². The van der Waals surface area contributed by atoms with Crippen LogP contribution in [0.1, 0.15) is 25.3 Å². The highest BCUT2D eigenvalue weighted by Gasteiger charge is 2.16. The largest absolute Gasteiger partial charge is 0.494 e. The third-order valence-electron chi connectivity index (χ3n) is 4.11. The van der Waals surface area contributed by atoms with Crippen LogP contribution < -0.4 is 4.74 Å². The van der Waals surface area contributed by atoms with Crippen molar-refractivity contribution < 1.29 is 14.6 Å². The zero-order valence-electron chi connectivity index (χ0n) is 14.0. The Hall–Kier alpha value is -2.27. The summed E-state index contributed by atoms with van der Waals surface area (Å²) in [5.41, 5.74) is 3.50. The molecule has 4 nitrogen and oxygen atoms in total. The molecule has 0 fully saturated rings. The SMILES string of the molecule is CCCCOc1ccc2[nH]c(-c3ccc(Br)cc3)c(CC(=O)O)c2c1. The smallest absolute Gasteiger partial charge is 0.307 e. The van der Waals surface area contributed by atoms with Crippen LogP contribution in [0.2, 0.25) is 0 Å². The van der Waals surface area contributed by atoms with E-state index in [1.165, 1.54) is 0 Å². The molecule has 2 aromatic carbocycles. The third-order valence-corrected chi connectivity index (χ3v) is 4.63. The number of rotatable bonds is 7. The highest BCUT2D eigenvalue weighted by molar-refractivity contribution is 9.10. The number of aliphatic carboxylic acids is 1. The van der Waals surface area contributed by atoms with Gasteiger partial charge in [-0.2, -0.15) is 0 Å². The molecule has 0 amide bonds. The lowest BCUT2D eigenvalue weighted by atomic mass is 10.0. The van der Waals surface area contributed by atoms with Crippen molar-refractivity contribution in [3.63, 3.8) is 0 Å². The molecular weight excluding hydrogens is 382 g/mol. The van der Waals surface area contributed by atoms with Gasteiger partial charge in [0.1, 0.15) is 5.75 Å². The number of nitrogens with one attached hydrogen (secondary N) is 1. The lowest BCUT2D eigenvalue weighted by molar-refractivity contribution is -0.136. The van der Waals surface area contributed by atoms with Crippen LogP contribution in [-0.2, 0) is 11.2 Å². The zero-order valence-corrected chi connectivity index (χ0v) is 15.6. The summed E-state index contributed by atoms with van der Waals surface area (Å²) in [5, 5.41) is 10.2. The fourth-order valence-corrected chi connectivity index (χ4v) is 3.11. The van der Waals surface area contributed by atoms with E-state index in [9.17, 15) is 9.90 Å². The molecule has 0 bridgehead atoms. The molecule has 3 aromatic rings. The predicted molar refractivity (Wildman–Crippen MR) is 103 cm³/mol. The van der Waals surface area contributed by atoms with Crippen LogP contribution in [0.5, 0.6) is 5.75 Å². The van der Waals surface area contributed by atoms with Gasteiger partial charge >= 0.3 is 5.97 Å². The average Bonchev–Trinajstić information content (AvgIpc) is 2.93. The first-order chi connectivity index (χ1) is 12.1. The number of ether oxygens (including phenoxy) is 1. The van der Waals surface area contributed by atoms with Gasteiger partial charge in [0.05, 0.1) is 18.7 Å². The fraction of sp³-hybridized carbons (Fsp3) is 0.250. The second-order valence-electron chi connectivity index (χ2n) is 5.97. The second-order valence-corrected chi connectivity index (χ2v) is 6.88. The number of carbonyl (C=O) groups is 1. The van der Waals surface area contributed by atoms with Crippen LogP contribution >= 0.6 is 15.9 Å². The highest BCUT2D eigenvalue weighted by atomic mass is 79.9. The van der Waals surface area contributed by atoms with Gasteiger partial charge in [-0.3, -0.25) is 4.79 Å². The van der Waals surface area contributed by atoms with E-state index >= 15 is 0 Å². The second kappa shape index (κ2) is 7.74. The molecule has 5 heteroatoms. The van der Waals surface area contributed by atoms with Gasteiger partial charge in [-0.25, -0.2) is 0 Å². The number of benzene rings is 2. The summed E-state index contributed by atoms with van der Waals surface area (Å²) in [5.74, 6) is -0.0782. The molecule has 2 N–H and O–H groups in total. The Bertz CT molecular complexity index is 884. The molecule has 3 rings (SSSR count). The summed E-state index contributed by atoms with van der Waals surface area (Å²) in [7, 11) is 0. The Morgan fingerprint density at radius 3 is 2.64 bits per heavy atom. The number of fused-ring (bicyclic) bond motifs is 1. The summed E-state index contributed by atoms with van der Waals surface area (Å²) in [4.78, 5) is 14.8. The molecule has 0 saturated heterocycles. The molecule has 0 radical (unpaired) electrons. The number of hydrogen-bond acceptors (Lipinski definition) is 2. The molecule has 1 heterocycles. The summed E-state index contributed by atoms with van der Waals surface area (Å²) in [6, 6.07) is 13.6. The predicted octanol–water partition coefficient (Wildman–Crippen LogP) is 5.40. The quantitative estimate of drug-likeness (QED) is 0.520. The molecule has 0 aliphatic rings. The molecular formula is C20H20BrNO3. The maximum absolute atomic E-state index is 11.4. The monoisotopic (exact) mass is 401 g/mol. The third kappa shape index (κ3) is 4.04. The Kier molecular flexibility index (Phi) is 5.43. The number of H-pyrrole nitrogens is 1. The van der Waals surface area contributed by atoms with E-state index < -0.39 is 5.97 Å². The lowest BCUT2D eigenvalue weighted by Crippen LogP contribution is -2.01. The van der Waals surface area contributed by atoms with Crippen molar-refractivity contribution in [1.82, 2.24) is 4.98 Å². The van der Waals surface area contributed by atoms with Gasteiger partial charge < -0.3 is 14.8 Å². The number of aromatic amines is 1. The van der Waals surface area contributed by atoms with Gasteiger partial charge in [-0.15, -0.1) is 0 Å².